The van der Waals surface area contributed by atoms with Crippen molar-refractivity contribution in [3.05, 3.63) is 66.7 Å². The average Bonchev–Trinajstić information content (AvgIpc) is 3.21. The Morgan fingerprint density at radius 3 is 2.72 bits per heavy atom. The number of carbonyl (C=O) groups excluding carboxylic acids is 1. The minimum Gasteiger partial charge on any atom is -0.291 e. The molecule has 0 saturated heterocycles. The van der Waals surface area contributed by atoms with E-state index in [1.54, 1.807) is 46.1 Å². The quantitative estimate of drug-likeness (QED) is 0.594. The van der Waals surface area contributed by atoms with Crippen molar-refractivity contribution in [1.29, 1.82) is 0 Å². The number of fused-ring (bicyclic) bond motifs is 1. The smallest absolute Gasteiger partial charge is 0.291 e. The van der Waals surface area contributed by atoms with Crippen molar-refractivity contribution in [3.8, 4) is 0 Å². The number of hydrogen-bond acceptors (Lipinski definition) is 5. The maximum absolute atomic E-state index is 12.1. The number of carbonyl (C=O) groups is 1. The molecule has 9 heteroatoms. The molecule has 0 fully saturated rings. The SMILES string of the molecule is O=C(Nc1ccn(Cc2ccncc2)n1)Nc1nc2ccccn2n1. The van der Waals surface area contributed by atoms with E-state index < -0.39 is 6.03 Å². The van der Waals surface area contributed by atoms with Crippen molar-refractivity contribution in [2.45, 2.75) is 6.54 Å². The Morgan fingerprint density at radius 2 is 1.88 bits per heavy atom. The van der Waals surface area contributed by atoms with Crippen LogP contribution in [-0.4, -0.2) is 35.4 Å². The van der Waals surface area contributed by atoms with Gasteiger partial charge in [-0.1, -0.05) is 6.07 Å². The minimum absolute atomic E-state index is 0.222. The fraction of sp³-hybridized carbons (Fsp3) is 0.0625. The molecule has 0 aliphatic carbocycles. The van der Waals surface area contributed by atoms with E-state index in [2.05, 4.69) is 30.8 Å². The van der Waals surface area contributed by atoms with Crippen LogP contribution in [0.4, 0.5) is 16.6 Å². The summed E-state index contributed by atoms with van der Waals surface area (Å²) in [6, 6.07) is 10.6. The second kappa shape index (κ2) is 6.40. The Bertz CT molecular complexity index is 974. The van der Waals surface area contributed by atoms with Gasteiger partial charge in [-0.15, -0.1) is 5.10 Å². The van der Waals surface area contributed by atoms with Crippen LogP contribution in [0.25, 0.3) is 5.65 Å². The molecule has 9 nitrogen and oxygen atoms in total. The number of pyridine rings is 2. The van der Waals surface area contributed by atoms with Crippen molar-refractivity contribution in [3.63, 3.8) is 0 Å². The third kappa shape index (κ3) is 3.44. The van der Waals surface area contributed by atoms with Gasteiger partial charge in [0.15, 0.2) is 11.5 Å². The highest BCUT2D eigenvalue weighted by atomic mass is 16.2. The van der Waals surface area contributed by atoms with Gasteiger partial charge < -0.3 is 0 Å². The molecule has 0 unspecified atom stereocenters. The first-order valence-electron chi connectivity index (χ1n) is 7.58. The fourth-order valence-electron chi connectivity index (χ4n) is 2.33. The van der Waals surface area contributed by atoms with Crippen LogP contribution < -0.4 is 10.6 Å². The molecule has 0 radical (unpaired) electrons. The van der Waals surface area contributed by atoms with Gasteiger partial charge in [-0.3, -0.25) is 20.3 Å². The van der Waals surface area contributed by atoms with Crippen LogP contribution in [0.5, 0.6) is 0 Å². The summed E-state index contributed by atoms with van der Waals surface area (Å²) in [5.41, 5.74) is 1.72. The predicted octanol–water partition coefficient (Wildman–Crippen LogP) is 2.01. The summed E-state index contributed by atoms with van der Waals surface area (Å²) in [6.07, 6.45) is 7.01. The Labute approximate surface area is 142 Å². The molecule has 0 spiro atoms. The molecule has 0 aromatic carbocycles. The number of urea groups is 1. The largest absolute Gasteiger partial charge is 0.327 e. The predicted molar refractivity (Wildman–Crippen MR) is 91.2 cm³/mol. The Morgan fingerprint density at radius 1 is 1.00 bits per heavy atom. The molecule has 2 N–H and O–H groups in total. The van der Waals surface area contributed by atoms with Gasteiger partial charge in [-0.25, -0.2) is 9.31 Å². The molecule has 2 amide bonds. The second-order valence-electron chi connectivity index (χ2n) is 5.27. The van der Waals surface area contributed by atoms with Gasteiger partial charge in [0.25, 0.3) is 5.95 Å². The van der Waals surface area contributed by atoms with Crippen LogP contribution in [-0.2, 0) is 6.54 Å². The average molecular weight is 334 g/mol. The highest BCUT2D eigenvalue weighted by Gasteiger charge is 2.09. The summed E-state index contributed by atoms with van der Waals surface area (Å²) < 4.78 is 3.31. The number of anilines is 2. The first-order chi connectivity index (χ1) is 12.3. The molecule has 4 aromatic heterocycles. The minimum atomic E-state index is -0.454. The molecule has 0 saturated carbocycles. The first kappa shape index (κ1) is 14.8. The van der Waals surface area contributed by atoms with Crippen molar-refractivity contribution < 1.29 is 4.79 Å². The van der Waals surface area contributed by atoms with E-state index in [-0.39, 0.29) is 5.95 Å². The molecule has 25 heavy (non-hydrogen) atoms. The zero-order valence-corrected chi connectivity index (χ0v) is 13.1. The lowest BCUT2D eigenvalue weighted by Gasteiger charge is -2.02. The van der Waals surface area contributed by atoms with Gasteiger partial charge >= 0.3 is 6.03 Å². The van der Waals surface area contributed by atoms with Crippen molar-refractivity contribution in [1.82, 2.24) is 29.4 Å². The zero-order chi connectivity index (χ0) is 17.1. The van der Waals surface area contributed by atoms with E-state index >= 15 is 0 Å². The maximum Gasteiger partial charge on any atom is 0.327 e. The van der Waals surface area contributed by atoms with Crippen LogP contribution in [0, 0.1) is 0 Å². The van der Waals surface area contributed by atoms with E-state index in [1.165, 1.54) is 0 Å². The molecule has 0 atom stereocenters. The summed E-state index contributed by atoms with van der Waals surface area (Å²) in [5.74, 6) is 0.662. The zero-order valence-electron chi connectivity index (χ0n) is 13.1. The maximum atomic E-state index is 12.1. The number of nitrogens with one attached hydrogen (secondary N) is 2. The molecule has 0 bridgehead atoms. The van der Waals surface area contributed by atoms with Crippen LogP contribution >= 0.6 is 0 Å². The van der Waals surface area contributed by atoms with E-state index in [0.717, 1.165) is 5.56 Å². The first-order valence-corrected chi connectivity index (χ1v) is 7.58. The molecule has 4 aromatic rings. The van der Waals surface area contributed by atoms with Crippen LogP contribution in [0.1, 0.15) is 5.56 Å². The number of hydrogen-bond donors (Lipinski definition) is 2. The van der Waals surface area contributed by atoms with Gasteiger partial charge in [0, 0.05) is 30.9 Å². The molecular weight excluding hydrogens is 320 g/mol. The van der Waals surface area contributed by atoms with Gasteiger partial charge in [0.1, 0.15) is 0 Å². The van der Waals surface area contributed by atoms with Crippen molar-refractivity contribution >= 4 is 23.4 Å². The number of nitrogens with zero attached hydrogens (tertiary/aromatic N) is 6. The van der Waals surface area contributed by atoms with E-state index in [1.807, 2.05) is 24.3 Å². The molecule has 4 rings (SSSR count). The van der Waals surface area contributed by atoms with E-state index in [9.17, 15) is 4.79 Å². The van der Waals surface area contributed by atoms with E-state index in [0.29, 0.717) is 18.0 Å². The molecule has 4 heterocycles. The van der Waals surface area contributed by atoms with Crippen LogP contribution in [0.15, 0.2) is 61.2 Å². The fourth-order valence-corrected chi connectivity index (χ4v) is 2.33. The van der Waals surface area contributed by atoms with E-state index in [4.69, 9.17) is 0 Å². The summed E-state index contributed by atoms with van der Waals surface area (Å²) in [4.78, 5) is 20.2. The highest BCUT2D eigenvalue weighted by molar-refractivity contribution is 5.98. The van der Waals surface area contributed by atoms with Gasteiger partial charge in [-0.2, -0.15) is 10.1 Å². The standard InChI is InChI=1S/C16H14N8O/c25-16(20-15-19-14-3-1-2-9-24(14)22-15)18-13-6-10-23(21-13)11-12-4-7-17-8-5-12/h1-10H,11H2,(H2,18,20,21,22,25). The summed E-state index contributed by atoms with van der Waals surface area (Å²) >= 11 is 0. The summed E-state index contributed by atoms with van der Waals surface area (Å²) in [7, 11) is 0. The molecule has 124 valence electrons. The Kier molecular flexibility index (Phi) is 3.79. The third-order valence-electron chi connectivity index (χ3n) is 3.44. The summed E-state index contributed by atoms with van der Waals surface area (Å²) in [6.45, 7) is 0.597. The second-order valence-corrected chi connectivity index (χ2v) is 5.27. The topological polar surface area (TPSA) is 102 Å². The highest BCUT2D eigenvalue weighted by Crippen LogP contribution is 2.08. The number of rotatable bonds is 4. The molecular formula is C16H14N8O. The van der Waals surface area contributed by atoms with Gasteiger partial charge in [0.05, 0.1) is 6.54 Å². The Balaban J connectivity index is 1.39. The molecule has 0 aliphatic heterocycles. The number of aromatic nitrogens is 6. The van der Waals surface area contributed by atoms with Crippen LogP contribution in [0.3, 0.4) is 0 Å². The van der Waals surface area contributed by atoms with Crippen LogP contribution in [0.2, 0.25) is 0 Å². The third-order valence-corrected chi connectivity index (χ3v) is 3.44. The van der Waals surface area contributed by atoms with Gasteiger partial charge in [-0.05, 0) is 29.8 Å². The molecule has 0 aliphatic rings. The van der Waals surface area contributed by atoms with Crippen molar-refractivity contribution in [2.24, 2.45) is 0 Å². The van der Waals surface area contributed by atoms with Gasteiger partial charge in [0.2, 0.25) is 0 Å². The summed E-state index contributed by atoms with van der Waals surface area (Å²) in [5, 5.41) is 13.7. The lowest BCUT2D eigenvalue weighted by Crippen LogP contribution is -2.20. The lowest BCUT2D eigenvalue weighted by atomic mass is 10.3. The monoisotopic (exact) mass is 334 g/mol. The Hall–Kier alpha value is -3.75. The number of amides is 2. The van der Waals surface area contributed by atoms with Crippen molar-refractivity contribution in [2.75, 3.05) is 10.6 Å². The lowest BCUT2D eigenvalue weighted by molar-refractivity contribution is 0.262. The normalized spacial score (nSPS) is 10.7.